The molecular formula is C27H28N2O5. The summed E-state index contributed by atoms with van der Waals surface area (Å²) in [7, 11) is 0. The molecule has 2 aliphatic heterocycles. The minimum atomic E-state index is 0.00214. The highest BCUT2D eigenvalue weighted by atomic mass is 16.7. The number of para-hydroxylation sites is 2. The largest absolute Gasteiger partial charge is 0.490 e. The molecule has 0 saturated carbocycles. The van der Waals surface area contributed by atoms with E-state index in [2.05, 4.69) is 11.0 Å². The van der Waals surface area contributed by atoms with Gasteiger partial charge in [0.1, 0.15) is 24.7 Å². The molecule has 0 bridgehead atoms. The minimum Gasteiger partial charge on any atom is -0.490 e. The van der Waals surface area contributed by atoms with Crippen LogP contribution in [0.3, 0.4) is 0 Å². The summed E-state index contributed by atoms with van der Waals surface area (Å²) >= 11 is 0. The fraction of sp³-hybridized carbons (Fsp3) is 0.296. The third-order valence-electron chi connectivity index (χ3n) is 5.97. The van der Waals surface area contributed by atoms with E-state index in [1.807, 2.05) is 71.6 Å². The second-order valence-electron chi connectivity index (χ2n) is 8.26. The van der Waals surface area contributed by atoms with Gasteiger partial charge in [0.05, 0.1) is 5.56 Å². The van der Waals surface area contributed by atoms with Crippen LogP contribution in [-0.4, -0.2) is 61.9 Å². The fourth-order valence-corrected chi connectivity index (χ4v) is 4.17. The molecule has 2 heterocycles. The molecule has 1 saturated heterocycles. The van der Waals surface area contributed by atoms with E-state index in [1.54, 1.807) is 0 Å². The van der Waals surface area contributed by atoms with Crippen LogP contribution in [0.5, 0.6) is 23.0 Å². The second kappa shape index (κ2) is 10.5. The van der Waals surface area contributed by atoms with Crippen LogP contribution in [0.25, 0.3) is 0 Å². The molecule has 0 aliphatic carbocycles. The van der Waals surface area contributed by atoms with Crippen LogP contribution >= 0.6 is 0 Å². The number of nitrogens with zero attached hydrogens (tertiary/aromatic N) is 2. The Morgan fingerprint density at radius 2 is 1.53 bits per heavy atom. The lowest BCUT2D eigenvalue weighted by molar-refractivity contribution is 0.0623. The number of benzene rings is 3. The Labute approximate surface area is 199 Å². The molecule has 0 radical (unpaired) electrons. The number of carbonyl (C=O) groups excluding carboxylic acids is 1. The molecule has 0 N–H and O–H groups in total. The molecule has 0 atom stereocenters. The van der Waals surface area contributed by atoms with Crippen molar-refractivity contribution in [3.05, 3.63) is 83.9 Å². The monoisotopic (exact) mass is 460 g/mol. The normalized spacial score (nSPS) is 15.2. The molecular weight excluding hydrogens is 432 g/mol. The van der Waals surface area contributed by atoms with E-state index in [9.17, 15) is 4.79 Å². The van der Waals surface area contributed by atoms with Gasteiger partial charge in [0.25, 0.3) is 5.91 Å². The van der Waals surface area contributed by atoms with E-state index in [0.717, 1.165) is 36.9 Å². The zero-order valence-corrected chi connectivity index (χ0v) is 19.0. The first-order valence-corrected chi connectivity index (χ1v) is 11.6. The van der Waals surface area contributed by atoms with Crippen LogP contribution in [0, 0.1) is 0 Å². The van der Waals surface area contributed by atoms with Crippen LogP contribution in [0.2, 0.25) is 0 Å². The number of rotatable bonds is 8. The molecule has 7 nitrogen and oxygen atoms in total. The van der Waals surface area contributed by atoms with Gasteiger partial charge in [-0.1, -0.05) is 36.4 Å². The predicted octanol–water partition coefficient (Wildman–Crippen LogP) is 3.83. The van der Waals surface area contributed by atoms with Crippen LogP contribution in [0.4, 0.5) is 0 Å². The van der Waals surface area contributed by atoms with Gasteiger partial charge in [0.15, 0.2) is 11.5 Å². The summed E-state index contributed by atoms with van der Waals surface area (Å²) in [4.78, 5) is 17.5. The second-order valence-corrected chi connectivity index (χ2v) is 8.26. The van der Waals surface area contributed by atoms with E-state index in [1.165, 1.54) is 5.56 Å². The average molecular weight is 461 g/mol. The first-order chi connectivity index (χ1) is 16.8. The summed E-state index contributed by atoms with van der Waals surface area (Å²) in [5, 5.41) is 0. The van der Waals surface area contributed by atoms with E-state index in [0.29, 0.717) is 37.6 Å². The highest BCUT2D eigenvalue weighted by Crippen LogP contribution is 2.33. The molecule has 0 unspecified atom stereocenters. The summed E-state index contributed by atoms with van der Waals surface area (Å²) < 4.78 is 22.5. The number of hydrogen-bond donors (Lipinski definition) is 0. The van der Waals surface area contributed by atoms with Crippen molar-refractivity contribution >= 4 is 5.91 Å². The molecule has 5 rings (SSSR count). The first kappa shape index (κ1) is 22.1. The van der Waals surface area contributed by atoms with Crippen molar-refractivity contribution in [2.75, 3.05) is 46.2 Å². The van der Waals surface area contributed by atoms with Gasteiger partial charge in [-0.25, -0.2) is 0 Å². The van der Waals surface area contributed by atoms with Gasteiger partial charge in [-0.05, 0) is 42.0 Å². The Morgan fingerprint density at radius 3 is 2.38 bits per heavy atom. The number of fused-ring (bicyclic) bond motifs is 1. The van der Waals surface area contributed by atoms with Crippen molar-refractivity contribution < 1.29 is 23.7 Å². The van der Waals surface area contributed by atoms with Gasteiger partial charge in [0, 0.05) is 32.7 Å². The third kappa shape index (κ3) is 5.26. The number of ether oxygens (including phenoxy) is 4. The van der Waals surface area contributed by atoms with E-state index < -0.39 is 0 Å². The number of hydrogen-bond acceptors (Lipinski definition) is 6. The van der Waals surface area contributed by atoms with Crippen LogP contribution in [0.1, 0.15) is 15.9 Å². The Hall–Kier alpha value is -3.71. The van der Waals surface area contributed by atoms with Gasteiger partial charge in [0.2, 0.25) is 6.79 Å². The fourth-order valence-electron chi connectivity index (χ4n) is 4.17. The Kier molecular flexibility index (Phi) is 6.81. The van der Waals surface area contributed by atoms with Gasteiger partial charge >= 0.3 is 0 Å². The van der Waals surface area contributed by atoms with Gasteiger partial charge < -0.3 is 23.8 Å². The van der Waals surface area contributed by atoms with Crippen molar-refractivity contribution in [2.24, 2.45) is 0 Å². The van der Waals surface area contributed by atoms with Crippen LogP contribution in [-0.2, 0) is 6.54 Å². The summed E-state index contributed by atoms with van der Waals surface area (Å²) in [6.45, 7) is 4.85. The Bertz CT molecular complexity index is 1110. The van der Waals surface area contributed by atoms with E-state index >= 15 is 0 Å². The van der Waals surface area contributed by atoms with Crippen molar-refractivity contribution in [1.82, 2.24) is 9.80 Å². The zero-order valence-electron chi connectivity index (χ0n) is 19.0. The van der Waals surface area contributed by atoms with Gasteiger partial charge in [-0.2, -0.15) is 0 Å². The minimum absolute atomic E-state index is 0.00214. The highest BCUT2D eigenvalue weighted by molar-refractivity contribution is 5.97. The standard InChI is InChI=1S/C27H28N2O5/c30-27(23-8-4-5-9-24(23)32-17-16-31-22-6-2-1-3-7-22)29-14-12-28(13-15-29)19-21-10-11-25-26(18-21)34-20-33-25/h1-11,18H,12-17,19-20H2. The summed E-state index contributed by atoms with van der Waals surface area (Å²) in [6.07, 6.45) is 0. The molecule has 3 aromatic rings. The lowest BCUT2D eigenvalue weighted by Crippen LogP contribution is -2.48. The maximum absolute atomic E-state index is 13.2. The molecule has 176 valence electrons. The molecule has 7 heteroatoms. The molecule has 1 fully saturated rings. The lowest BCUT2D eigenvalue weighted by Gasteiger charge is -2.35. The third-order valence-corrected chi connectivity index (χ3v) is 5.97. The SMILES string of the molecule is O=C(c1ccccc1OCCOc1ccccc1)N1CCN(Cc2ccc3c(c2)OCO3)CC1. The Balaban J connectivity index is 1.12. The molecule has 2 aliphatic rings. The number of carbonyl (C=O) groups is 1. The topological polar surface area (TPSA) is 60.5 Å². The van der Waals surface area contributed by atoms with E-state index in [4.69, 9.17) is 18.9 Å². The maximum atomic E-state index is 13.2. The summed E-state index contributed by atoms with van der Waals surface area (Å²) in [6, 6.07) is 23.1. The molecule has 1 amide bonds. The predicted molar refractivity (Wildman–Crippen MR) is 128 cm³/mol. The molecule has 0 spiro atoms. The van der Waals surface area contributed by atoms with Gasteiger partial charge in [-0.3, -0.25) is 9.69 Å². The summed E-state index contributed by atoms with van der Waals surface area (Å²) in [5.41, 5.74) is 1.77. The smallest absolute Gasteiger partial charge is 0.257 e. The van der Waals surface area contributed by atoms with E-state index in [-0.39, 0.29) is 12.7 Å². The summed E-state index contributed by atoms with van der Waals surface area (Å²) in [5.74, 6) is 2.99. The first-order valence-electron chi connectivity index (χ1n) is 11.6. The van der Waals surface area contributed by atoms with Crippen molar-refractivity contribution in [1.29, 1.82) is 0 Å². The van der Waals surface area contributed by atoms with Crippen LogP contribution in [0.15, 0.2) is 72.8 Å². The van der Waals surface area contributed by atoms with Crippen molar-refractivity contribution in [3.63, 3.8) is 0 Å². The lowest BCUT2D eigenvalue weighted by atomic mass is 10.1. The van der Waals surface area contributed by atoms with Crippen molar-refractivity contribution in [2.45, 2.75) is 6.54 Å². The highest BCUT2D eigenvalue weighted by Gasteiger charge is 2.24. The van der Waals surface area contributed by atoms with Crippen LogP contribution < -0.4 is 18.9 Å². The number of amides is 1. The molecule has 34 heavy (non-hydrogen) atoms. The Morgan fingerprint density at radius 1 is 0.794 bits per heavy atom. The zero-order chi connectivity index (χ0) is 23.2. The molecule has 3 aromatic carbocycles. The average Bonchev–Trinajstić information content (AvgIpc) is 3.36. The molecule has 0 aromatic heterocycles. The van der Waals surface area contributed by atoms with Crippen molar-refractivity contribution in [3.8, 4) is 23.0 Å². The quantitative estimate of drug-likeness (QED) is 0.476. The number of piperazine rings is 1. The maximum Gasteiger partial charge on any atom is 0.257 e. The van der Waals surface area contributed by atoms with Gasteiger partial charge in [-0.15, -0.1) is 0 Å².